The predicted molar refractivity (Wildman–Crippen MR) is 473 cm³/mol. The van der Waals surface area contributed by atoms with Crippen LogP contribution in [0.3, 0.4) is 0 Å². The average molecular weight is 1810 g/mol. The van der Waals surface area contributed by atoms with E-state index in [1.165, 1.54) is 13.8 Å². The van der Waals surface area contributed by atoms with Gasteiger partial charge in [-0.1, -0.05) is 135 Å². The van der Waals surface area contributed by atoms with Gasteiger partial charge in [-0.25, -0.2) is 0 Å². The third-order valence-electron chi connectivity index (χ3n) is 29.3. The zero-order chi connectivity index (χ0) is 93.2. The average Bonchev–Trinajstić information content (AvgIpc) is 1.60. The fourth-order valence-electron chi connectivity index (χ4n) is 21.9. The van der Waals surface area contributed by atoms with Crippen LogP contribution in [0.5, 0.6) is 0 Å². The Kier molecular flexibility index (Phi) is 33.4. The zero-order valence-electron chi connectivity index (χ0n) is 79.6. The summed E-state index contributed by atoms with van der Waals surface area (Å²) in [6, 6.07) is -0.629. The topological polar surface area (TPSA) is 358 Å². The molecule has 2 aliphatic carbocycles. The summed E-state index contributed by atoms with van der Waals surface area (Å²) in [4.78, 5) is 52.5. The van der Waals surface area contributed by atoms with E-state index in [1.807, 2.05) is 78.0 Å². The fraction of sp³-hybridized carbons (Fsp3) is 0.758. The first-order chi connectivity index (χ1) is 61.2. The van der Waals surface area contributed by atoms with Crippen LogP contribution in [0.15, 0.2) is 119 Å². The highest BCUT2D eigenvalue weighted by Crippen LogP contribution is 2.51. The number of rotatable bonds is 17. The molecule has 6 N–H and O–H groups in total. The molecule has 0 radical (unpaired) electrons. The number of nitrogens with one attached hydrogen (secondary N) is 2. The van der Waals surface area contributed by atoms with E-state index >= 15 is 0 Å². The van der Waals surface area contributed by atoms with E-state index in [0.717, 1.165) is 17.6 Å². The maximum Gasteiger partial charge on any atom is 0.316 e. The monoisotopic (exact) mass is 1810 g/mol. The lowest BCUT2D eigenvalue weighted by atomic mass is 9.71. The second-order valence-corrected chi connectivity index (χ2v) is 39.2. The Labute approximate surface area is 762 Å². The van der Waals surface area contributed by atoms with Crippen molar-refractivity contribution in [3.63, 3.8) is 0 Å². The van der Waals surface area contributed by atoms with E-state index in [-0.39, 0.29) is 122 Å². The van der Waals surface area contributed by atoms with Gasteiger partial charge in [0, 0.05) is 117 Å². The van der Waals surface area contributed by atoms with Gasteiger partial charge in [0.15, 0.2) is 36.7 Å². The molecule has 4 bridgehead atoms. The van der Waals surface area contributed by atoms with Gasteiger partial charge in [0.2, 0.25) is 11.8 Å². The van der Waals surface area contributed by atoms with Gasteiger partial charge in [-0.3, -0.25) is 19.2 Å². The maximum atomic E-state index is 14.4. The predicted octanol–water partition coefficient (Wildman–Crippen LogP) is 10.7. The number of allylic oxidation sites excluding steroid dienone is 4. The van der Waals surface area contributed by atoms with Crippen molar-refractivity contribution in [2.24, 2.45) is 47.3 Å². The molecule has 12 heterocycles. The summed E-state index contributed by atoms with van der Waals surface area (Å²) in [6.07, 6.45) is 17.9. The minimum atomic E-state index is -1.84. The largest absolute Gasteiger partial charge is 0.462 e. The van der Waals surface area contributed by atoms with Crippen molar-refractivity contribution in [1.82, 2.24) is 10.6 Å². The van der Waals surface area contributed by atoms with Crippen LogP contribution in [-0.2, 0) is 114 Å². The van der Waals surface area contributed by atoms with Crippen molar-refractivity contribution in [2.45, 2.75) is 390 Å². The summed E-state index contributed by atoms with van der Waals surface area (Å²) < 4.78 is 129. The number of amides is 2. The third kappa shape index (κ3) is 22.2. The van der Waals surface area contributed by atoms with Crippen molar-refractivity contribution in [3.8, 4) is 0 Å². The molecule has 0 aromatic heterocycles. The first-order valence-electron chi connectivity index (χ1n) is 47.2. The number of hydrogen-bond donors (Lipinski definition) is 6. The van der Waals surface area contributed by atoms with Crippen molar-refractivity contribution in [1.29, 1.82) is 0 Å². The molecule has 0 aromatic carbocycles. The number of carbonyl (C=O) groups is 4. The molecule has 12 aliphatic heterocycles. The highest BCUT2D eigenvalue weighted by atomic mass is 16.8. The molecule has 0 saturated carbocycles. The summed E-state index contributed by atoms with van der Waals surface area (Å²) in [7, 11) is 6.54. The minimum absolute atomic E-state index is 0.0266. The van der Waals surface area contributed by atoms with E-state index in [9.17, 15) is 39.6 Å². The normalized spacial score (nSPS) is 46.6. The van der Waals surface area contributed by atoms with Crippen LogP contribution in [0.4, 0.5) is 0 Å². The quantitative estimate of drug-likeness (QED) is 0.0582. The molecule has 14 rings (SSSR count). The molecule has 2 spiro atoms. The summed E-state index contributed by atoms with van der Waals surface area (Å²) in [6.45, 7) is 35.2. The molecule has 722 valence electrons. The molecule has 30 nitrogen and oxygen atoms in total. The van der Waals surface area contributed by atoms with Gasteiger partial charge in [-0.2, -0.15) is 0 Å². The van der Waals surface area contributed by atoms with E-state index in [2.05, 4.69) is 90.3 Å². The summed E-state index contributed by atoms with van der Waals surface area (Å²) >= 11 is 0. The van der Waals surface area contributed by atoms with E-state index < -0.39 is 169 Å². The lowest BCUT2D eigenvalue weighted by molar-refractivity contribution is -0.311. The van der Waals surface area contributed by atoms with E-state index in [1.54, 1.807) is 66.6 Å². The Morgan fingerprint density at radius 2 is 0.853 bits per heavy atom. The number of esters is 2. The van der Waals surface area contributed by atoms with Gasteiger partial charge in [0.25, 0.3) is 0 Å². The molecule has 129 heavy (non-hydrogen) atoms. The van der Waals surface area contributed by atoms with Crippen LogP contribution in [0.25, 0.3) is 0 Å². The Hall–Kier alpha value is -5.60. The van der Waals surface area contributed by atoms with Crippen LogP contribution in [-0.4, -0.2) is 280 Å². The summed E-state index contributed by atoms with van der Waals surface area (Å²) in [5, 5.41) is 53.4. The van der Waals surface area contributed by atoms with Crippen LogP contribution in [0, 0.1) is 47.3 Å². The van der Waals surface area contributed by atoms with Crippen molar-refractivity contribution in [2.75, 3.05) is 41.7 Å². The molecule has 8 fully saturated rings. The highest BCUT2D eigenvalue weighted by molar-refractivity contribution is 5.80. The molecular weight excluding hydrogens is 1670 g/mol. The van der Waals surface area contributed by atoms with Crippen LogP contribution in [0.2, 0.25) is 0 Å². The number of hydrogen-bond acceptors (Lipinski definition) is 28. The molecule has 0 aromatic rings. The SMILES string of the molecule is CC[C@H](C)[C@H]1O[C@]2(C=C[C@@H]1C)C[C@@H]1C[C@@H](CC=C(C)[C@@H](O[C@H]3C[C@H](OC)[C@@H](O[C@H]4C[C@H](OC)[C@H](NC(C)=O)[C@H](C)O4)[C@H](C)O3)[C@@H](C)/C=C/C=C3\CO[C@@H]4[C@H](O)C(C)=C[C@@H](C(=O)O1)[C@]34O)O2.CO[C@H]1C[C@H](O[C@H]2[C@H](C)O[C@@H](O[C@@H]3C(C)=CC[C@@H]4C[C@@H](C[C@]5(C=C[C@H](C)[C@@H](C(C)C)O5)O4)OC(=O)[C@@H]4C=C(C)[C@@H](O)[C@H]5OC/C(=C\C=C\[C@@H]3C)[C@]54O)C[C@@H]2OC)O[C@@H](C)[C@H]1NC(C)=O. The van der Waals surface area contributed by atoms with Gasteiger partial charge >= 0.3 is 11.9 Å². The second kappa shape index (κ2) is 42.8. The van der Waals surface area contributed by atoms with Crippen molar-refractivity contribution < 1.29 is 134 Å². The van der Waals surface area contributed by atoms with E-state index in [0.29, 0.717) is 73.7 Å². The Balaban J connectivity index is 0.000000220. The number of carbonyl (C=O) groups excluding carboxylic acids is 4. The summed E-state index contributed by atoms with van der Waals surface area (Å²) in [5.41, 5.74) is 0.228. The fourth-order valence-corrected chi connectivity index (χ4v) is 21.9. The molecular formula is C99H148N2O28. The number of aliphatic hydroxyl groups excluding tert-OH is 2. The zero-order valence-corrected chi connectivity index (χ0v) is 79.6. The van der Waals surface area contributed by atoms with Gasteiger partial charge in [-0.05, 0) is 126 Å². The Bertz CT molecular complexity index is 4190. The number of fused-ring (bicyclic) bond motifs is 4. The molecule has 30 heteroatoms. The lowest BCUT2D eigenvalue weighted by Gasteiger charge is -2.48. The second-order valence-electron chi connectivity index (χ2n) is 39.2. The standard InChI is InChI=1S/C50H75NO14.C49H73NO14/c1-12-26(2)45-29(5)18-19-49(65-45)24-36-21-35(64-49)17-16-28(4)44(27(3)14-13-15-34-25-58-47-43(53)30(6)20-37(48(54)61-36)50(34,47)55)62-41-23-39(57-11)46(32(8)60-41)63-40-22-38(56-10)42(31(7)59-40)51-33(9)52;1-25(2)43-28(5)17-18-48(64-43)23-35-20-34(63-48)16-15-27(4)44(26(3)13-12-14-33-24-57-46-42(52)29(6)19-36(47(53)60-35)49(33,46)54)61-40-22-38(56-11)45(31(8)59-40)62-39-21-37(55-10)41(30(7)58-39)50-32(9)51/h13-16,18-20,26-27,29,31-32,35-47,53,55H,12,17,21-25H2,1-11H3,(H,51,52);12-15,17-19,25-26,28,30-31,34-46,52,54H,16,20-24H2,1-11H3,(H,50,51)/b14-13+,28-16?,34-15+;13-12+,27-15?,33-14+/t26-,27-,29-,31-,32-,35+,36-,37-,38-,39-,40-,41-,42+,43+,44-,45+,46-,47+,49+,50+;26-,28-,30-,31-,34+,35-,36-,37-,38-,39-,40-,41+,42+,43+,44-,45-,46+,48+,49+/m00/s1. The highest BCUT2D eigenvalue weighted by Gasteiger charge is 2.63. The van der Waals surface area contributed by atoms with E-state index in [4.69, 9.17) is 94.7 Å². The smallest absolute Gasteiger partial charge is 0.316 e. The number of aliphatic hydroxyl groups is 4. The summed E-state index contributed by atoms with van der Waals surface area (Å²) in [5.74, 6) is -5.56. The van der Waals surface area contributed by atoms with Crippen molar-refractivity contribution in [3.05, 3.63) is 119 Å². The van der Waals surface area contributed by atoms with Gasteiger partial charge in [-0.15, -0.1) is 0 Å². The number of methoxy groups -OCH3 is 4. The Morgan fingerprint density at radius 3 is 1.23 bits per heavy atom. The number of ether oxygens (including phenoxy) is 20. The molecule has 14 aliphatic rings. The van der Waals surface area contributed by atoms with Crippen LogP contribution < -0.4 is 10.6 Å². The third-order valence-corrected chi connectivity index (χ3v) is 29.3. The molecule has 2 amide bonds. The lowest BCUT2D eigenvalue weighted by Crippen LogP contribution is -2.58. The molecule has 0 unspecified atom stereocenters. The van der Waals surface area contributed by atoms with Crippen molar-refractivity contribution >= 4 is 23.8 Å². The molecule has 39 atom stereocenters. The minimum Gasteiger partial charge on any atom is -0.462 e. The Morgan fingerprint density at radius 1 is 0.481 bits per heavy atom. The maximum absolute atomic E-state index is 14.4. The first kappa shape index (κ1) is 101. The van der Waals surface area contributed by atoms with Crippen LogP contribution in [0.1, 0.15) is 195 Å². The first-order valence-corrected chi connectivity index (χ1v) is 47.2. The van der Waals surface area contributed by atoms with Gasteiger partial charge < -0.3 is 126 Å². The molecule has 8 saturated heterocycles. The van der Waals surface area contributed by atoms with Gasteiger partial charge in [0.1, 0.15) is 71.9 Å². The van der Waals surface area contributed by atoms with Crippen LogP contribution >= 0.6 is 0 Å². The van der Waals surface area contributed by atoms with Gasteiger partial charge in [0.05, 0.1) is 111 Å².